The first-order valence-corrected chi connectivity index (χ1v) is 12.1. The summed E-state index contributed by atoms with van der Waals surface area (Å²) in [6.45, 7) is -1.10. The molecule has 0 rings (SSSR count). The van der Waals surface area contributed by atoms with E-state index < -0.39 is 24.3 Å². The van der Waals surface area contributed by atoms with Gasteiger partial charge in [-0.25, -0.2) is 0 Å². The molecule has 2 unspecified atom stereocenters. The lowest BCUT2D eigenvalue weighted by atomic mass is 10.0. The fraction of sp³-hybridized carbons (Fsp3) is 0.875. The standard InChI is InChI=1S/C21H40O5.C3H8O3/c22-18-20(24)19(23)16-14-12-10-8-6-4-2-1-3-5-7-9-11-13-15-17-21(25)26;4-1-3(6)2-5/h1,3,19-20,22-24H,2,4-18H2,(H,25,26);3-6H,1-2H2/b3-1-;. The molecule has 8 nitrogen and oxygen atoms in total. The predicted octanol–water partition coefficient (Wildman–Crippen LogP) is 2.52. The van der Waals surface area contributed by atoms with Gasteiger partial charge < -0.3 is 35.7 Å². The third-order valence-electron chi connectivity index (χ3n) is 5.10. The molecule has 0 heterocycles. The molecule has 0 aliphatic carbocycles. The smallest absolute Gasteiger partial charge is 0.303 e. The summed E-state index contributed by atoms with van der Waals surface area (Å²) in [7, 11) is 0. The molecule has 32 heavy (non-hydrogen) atoms. The van der Waals surface area contributed by atoms with Crippen molar-refractivity contribution in [3.05, 3.63) is 12.2 Å². The van der Waals surface area contributed by atoms with Crippen molar-refractivity contribution in [2.75, 3.05) is 19.8 Å². The Kier molecular flexibility index (Phi) is 27.2. The van der Waals surface area contributed by atoms with Crippen molar-refractivity contribution in [1.29, 1.82) is 0 Å². The number of aliphatic hydroxyl groups is 6. The zero-order valence-corrected chi connectivity index (χ0v) is 19.7. The molecule has 7 N–H and O–H groups in total. The van der Waals surface area contributed by atoms with Gasteiger partial charge in [-0.3, -0.25) is 4.79 Å². The Bertz CT molecular complexity index is 413. The summed E-state index contributed by atoms with van der Waals surface area (Å²) in [6, 6.07) is 0. The quantitative estimate of drug-likeness (QED) is 0.101. The summed E-state index contributed by atoms with van der Waals surface area (Å²) in [5, 5.41) is 60.0. The van der Waals surface area contributed by atoms with Gasteiger partial charge in [0.2, 0.25) is 0 Å². The fourth-order valence-electron chi connectivity index (χ4n) is 3.00. The van der Waals surface area contributed by atoms with Crippen LogP contribution in [0.5, 0.6) is 0 Å². The Morgan fingerprint density at radius 3 is 1.44 bits per heavy atom. The van der Waals surface area contributed by atoms with Crippen LogP contribution in [0.4, 0.5) is 0 Å². The average Bonchev–Trinajstić information content (AvgIpc) is 2.79. The topological polar surface area (TPSA) is 159 Å². The van der Waals surface area contributed by atoms with Gasteiger partial charge in [0.05, 0.1) is 25.9 Å². The third kappa shape index (κ3) is 27.0. The van der Waals surface area contributed by atoms with Gasteiger partial charge in [-0.1, -0.05) is 63.5 Å². The van der Waals surface area contributed by atoms with E-state index in [0.717, 1.165) is 51.4 Å². The van der Waals surface area contributed by atoms with Gasteiger partial charge in [-0.2, -0.15) is 0 Å². The first kappa shape index (κ1) is 33.1. The van der Waals surface area contributed by atoms with E-state index >= 15 is 0 Å². The molecule has 8 heteroatoms. The van der Waals surface area contributed by atoms with Crippen LogP contribution in [0.3, 0.4) is 0 Å². The normalized spacial score (nSPS) is 13.2. The molecule has 0 spiro atoms. The van der Waals surface area contributed by atoms with Gasteiger partial charge in [0.1, 0.15) is 12.2 Å². The maximum absolute atomic E-state index is 10.4. The summed E-state index contributed by atoms with van der Waals surface area (Å²) in [5.41, 5.74) is 0. The largest absolute Gasteiger partial charge is 0.481 e. The van der Waals surface area contributed by atoms with E-state index in [4.69, 9.17) is 25.5 Å². The van der Waals surface area contributed by atoms with Gasteiger partial charge in [-0.15, -0.1) is 0 Å². The highest BCUT2D eigenvalue weighted by Crippen LogP contribution is 2.12. The fourth-order valence-corrected chi connectivity index (χ4v) is 3.00. The molecule has 0 fully saturated rings. The summed E-state index contributed by atoms with van der Waals surface area (Å²) in [5.74, 6) is -0.690. The number of carbonyl (C=O) groups is 1. The minimum atomic E-state index is -1.00. The molecule has 0 saturated carbocycles. The SMILES string of the molecule is O=C(O)CCCCCCC/C=C\CCCCCCCCC(O)C(O)CO.OCC(O)CO. The molecule has 0 saturated heterocycles. The van der Waals surface area contributed by atoms with Gasteiger partial charge in [-0.05, 0) is 38.5 Å². The number of rotatable bonds is 21. The molecule has 0 aromatic carbocycles. The number of unbranched alkanes of at least 4 members (excludes halogenated alkanes) is 11. The summed E-state index contributed by atoms with van der Waals surface area (Å²) >= 11 is 0. The summed E-state index contributed by atoms with van der Waals surface area (Å²) in [4.78, 5) is 10.4. The number of carboxylic acids is 1. The lowest BCUT2D eigenvalue weighted by Crippen LogP contribution is -2.28. The van der Waals surface area contributed by atoms with E-state index in [9.17, 15) is 15.0 Å². The molecule has 0 aromatic rings. The van der Waals surface area contributed by atoms with E-state index in [0.29, 0.717) is 12.8 Å². The minimum Gasteiger partial charge on any atom is -0.481 e. The number of carboxylic acid groups (broad SMARTS) is 1. The molecule has 0 radical (unpaired) electrons. The summed E-state index contributed by atoms with van der Waals surface area (Å²) < 4.78 is 0. The van der Waals surface area contributed by atoms with Crippen molar-refractivity contribution in [3.63, 3.8) is 0 Å². The maximum atomic E-state index is 10.4. The van der Waals surface area contributed by atoms with Crippen molar-refractivity contribution in [2.45, 2.75) is 115 Å². The molecule has 0 amide bonds. The third-order valence-corrected chi connectivity index (χ3v) is 5.10. The second kappa shape index (κ2) is 26.2. The van der Waals surface area contributed by atoms with Crippen molar-refractivity contribution in [2.24, 2.45) is 0 Å². The van der Waals surface area contributed by atoms with Crippen molar-refractivity contribution >= 4 is 5.97 Å². The highest BCUT2D eigenvalue weighted by Gasteiger charge is 2.13. The second-order valence-electron chi connectivity index (χ2n) is 8.21. The minimum absolute atomic E-state index is 0.300. The lowest BCUT2D eigenvalue weighted by Gasteiger charge is -2.14. The zero-order valence-electron chi connectivity index (χ0n) is 19.7. The number of allylic oxidation sites excluding steroid dienone is 2. The zero-order chi connectivity index (χ0) is 24.5. The molecule has 0 bridgehead atoms. The summed E-state index contributed by atoms with van der Waals surface area (Å²) in [6.07, 6.45) is 17.1. The van der Waals surface area contributed by atoms with E-state index in [1.165, 1.54) is 32.1 Å². The van der Waals surface area contributed by atoms with E-state index in [2.05, 4.69) is 12.2 Å². The first-order valence-electron chi connectivity index (χ1n) is 12.1. The average molecular weight is 465 g/mol. The Morgan fingerprint density at radius 1 is 0.594 bits per heavy atom. The predicted molar refractivity (Wildman–Crippen MR) is 125 cm³/mol. The van der Waals surface area contributed by atoms with Crippen LogP contribution in [0.2, 0.25) is 0 Å². The van der Waals surface area contributed by atoms with E-state index in [1.54, 1.807) is 0 Å². The molecule has 192 valence electrons. The van der Waals surface area contributed by atoms with Crippen LogP contribution in [0, 0.1) is 0 Å². The van der Waals surface area contributed by atoms with Gasteiger partial charge >= 0.3 is 5.97 Å². The molecule has 2 atom stereocenters. The molecular formula is C24H48O8. The number of hydrogen-bond donors (Lipinski definition) is 7. The van der Waals surface area contributed by atoms with Crippen LogP contribution in [-0.2, 0) is 4.79 Å². The molecule has 0 aliphatic heterocycles. The second-order valence-corrected chi connectivity index (χ2v) is 8.21. The Hall–Kier alpha value is -1.03. The first-order chi connectivity index (χ1) is 15.4. The van der Waals surface area contributed by atoms with Crippen LogP contribution in [0.25, 0.3) is 0 Å². The number of aliphatic hydroxyl groups excluding tert-OH is 6. The maximum Gasteiger partial charge on any atom is 0.303 e. The lowest BCUT2D eigenvalue weighted by molar-refractivity contribution is -0.137. The van der Waals surface area contributed by atoms with E-state index in [1.807, 2.05) is 0 Å². The Morgan fingerprint density at radius 2 is 1.03 bits per heavy atom. The van der Waals surface area contributed by atoms with Crippen LogP contribution in [-0.4, -0.2) is 79.8 Å². The molecular weight excluding hydrogens is 416 g/mol. The van der Waals surface area contributed by atoms with Gasteiger partial charge in [0.25, 0.3) is 0 Å². The van der Waals surface area contributed by atoms with Crippen LogP contribution >= 0.6 is 0 Å². The monoisotopic (exact) mass is 464 g/mol. The van der Waals surface area contributed by atoms with Crippen LogP contribution in [0.1, 0.15) is 96.3 Å². The molecule has 0 aliphatic rings. The number of hydrogen-bond acceptors (Lipinski definition) is 7. The highest BCUT2D eigenvalue weighted by molar-refractivity contribution is 5.66. The van der Waals surface area contributed by atoms with Crippen molar-refractivity contribution in [1.82, 2.24) is 0 Å². The van der Waals surface area contributed by atoms with Crippen molar-refractivity contribution in [3.8, 4) is 0 Å². The van der Waals surface area contributed by atoms with E-state index in [-0.39, 0.29) is 19.8 Å². The Balaban J connectivity index is 0. The highest BCUT2D eigenvalue weighted by atomic mass is 16.4. The van der Waals surface area contributed by atoms with Gasteiger partial charge in [0.15, 0.2) is 0 Å². The van der Waals surface area contributed by atoms with Gasteiger partial charge in [0, 0.05) is 6.42 Å². The van der Waals surface area contributed by atoms with Crippen molar-refractivity contribution < 1.29 is 40.5 Å². The molecule has 0 aromatic heterocycles. The van der Waals surface area contributed by atoms with Crippen LogP contribution in [0.15, 0.2) is 12.2 Å². The number of aliphatic carboxylic acids is 1. The van der Waals surface area contributed by atoms with Crippen LogP contribution < -0.4 is 0 Å². The Labute approximate surface area is 193 Å².